The van der Waals surface area contributed by atoms with Crippen LogP contribution in [0, 0.1) is 5.92 Å². The Morgan fingerprint density at radius 1 is 0.786 bits per heavy atom. The molecule has 3 aromatic rings. The molecule has 2 fully saturated rings. The molecule has 1 aliphatic carbocycles. The maximum Gasteiger partial charge on any atom is 0.252 e. The Morgan fingerprint density at radius 2 is 1.50 bits per heavy atom. The minimum Gasteiger partial charge on any atom is -0.351 e. The van der Waals surface area contributed by atoms with E-state index in [-0.39, 0.29) is 17.5 Å². The van der Waals surface area contributed by atoms with E-state index in [4.69, 9.17) is 4.74 Å². The Hall–Kier alpha value is -3.64. The van der Waals surface area contributed by atoms with E-state index in [0.29, 0.717) is 38.0 Å². The minimum absolute atomic E-state index is 0.0402. The molecule has 2 heterocycles. The number of Topliss-reactive ketones (excluding diaryl/α,β-unsaturated/α-hetero) is 2. The zero-order chi connectivity index (χ0) is 29.1. The largest absolute Gasteiger partial charge is 0.351 e. The van der Waals surface area contributed by atoms with Crippen LogP contribution in [-0.2, 0) is 32.0 Å². The zero-order valence-corrected chi connectivity index (χ0v) is 24.4. The van der Waals surface area contributed by atoms with Crippen molar-refractivity contribution in [3.8, 4) is 11.1 Å². The molecule has 2 aliphatic rings. The molecule has 42 heavy (non-hydrogen) atoms. The van der Waals surface area contributed by atoms with Crippen molar-refractivity contribution < 1.29 is 19.1 Å². The number of carbonyl (C=O) groups is 3. The smallest absolute Gasteiger partial charge is 0.252 e. The molecular weight excluding hydrogens is 524 g/mol. The Bertz CT molecular complexity index is 1300. The van der Waals surface area contributed by atoms with Crippen LogP contribution in [0.4, 0.5) is 0 Å². The summed E-state index contributed by atoms with van der Waals surface area (Å²) in [7, 11) is 0. The number of epoxide rings is 1. The van der Waals surface area contributed by atoms with Crippen LogP contribution in [0.25, 0.3) is 11.1 Å². The number of ketones is 2. The Kier molecular flexibility index (Phi) is 10.7. The van der Waals surface area contributed by atoms with Crippen molar-refractivity contribution >= 4 is 17.5 Å². The number of hydrogen-bond donors (Lipinski definition) is 1. The molecule has 1 amide bonds. The fourth-order valence-electron chi connectivity index (χ4n) is 6.10. The summed E-state index contributed by atoms with van der Waals surface area (Å²) >= 11 is 0. The Balaban J connectivity index is 1.07. The molecule has 5 rings (SSSR count). The number of benzene rings is 2. The molecule has 1 N–H and O–H groups in total. The van der Waals surface area contributed by atoms with Gasteiger partial charge in [0.2, 0.25) is 0 Å². The van der Waals surface area contributed by atoms with Crippen molar-refractivity contribution in [1.82, 2.24) is 10.3 Å². The average molecular weight is 567 g/mol. The lowest BCUT2D eigenvalue weighted by Crippen LogP contribution is -2.44. The molecule has 0 radical (unpaired) electrons. The number of amides is 1. The van der Waals surface area contributed by atoms with Gasteiger partial charge in [-0.1, -0.05) is 92.8 Å². The molecule has 3 atom stereocenters. The highest BCUT2D eigenvalue weighted by Gasteiger charge is 2.50. The van der Waals surface area contributed by atoms with Crippen LogP contribution in [-0.4, -0.2) is 40.7 Å². The predicted molar refractivity (Wildman–Crippen MR) is 164 cm³/mol. The summed E-state index contributed by atoms with van der Waals surface area (Å²) in [5.41, 5.74) is 4.50. The van der Waals surface area contributed by atoms with E-state index < -0.39 is 18.2 Å². The summed E-state index contributed by atoms with van der Waals surface area (Å²) in [5.74, 6) is 0.139. The first kappa shape index (κ1) is 29.8. The van der Waals surface area contributed by atoms with Crippen molar-refractivity contribution in [1.29, 1.82) is 0 Å². The molecule has 2 aromatic carbocycles. The summed E-state index contributed by atoms with van der Waals surface area (Å²) in [6.45, 7) is 0. The standard InChI is InChI=1S/C36H42N2O4/c39-32(18-10-17-30-16-7-8-24-37-30)31(25-27-11-3-1-4-12-27)38-36(41)35-34(42-35)33(40)19-9-13-26-20-22-29(23-21-26)28-14-5-2-6-15-28/h2,5-8,14-16,20-24,27,31,34-35H,1,3-4,9-13,17-19,25H2,(H,38,41)/t31-,34+,35?/m0/s1. The summed E-state index contributed by atoms with van der Waals surface area (Å²) in [5, 5.41) is 2.98. The second-order valence-electron chi connectivity index (χ2n) is 11.8. The van der Waals surface area contributed by atoms with Gasteiger partial charge in [-0.2, -0.15) is 0 Å². The highest BCUT2D eigenvalue weighted by atomic mass is 16.6. The molecule has 0 bridgehead atoms. The highest BCUT2D eigenvalue weighted by Crippen LogP contribution is 2.29. The molecule has 220 valence electrons. The van der Waals surface area contributed by atoms with Gasteiger partial charge in [-0.25, -0.2) is 0 Å². The van der Waals surface area contributed by atoms with Crippen molar-refractivity contribution in [2.75, 3.05) is 0 Å². The van der Waals surface area contributed by atoms with Crippen molar-refractivity contribution in [2.45, 2.75) is 95.3 Å². The lowest BCUT2D eigenvalue weighted by molar-refractivity contribution is -0.129. The van der Waals surface area contributed by atoms with Gasteiger partial charge in [0.1, 0.15) is 0 Å². The maximum atomic E-state index is 13.2. The number of aryl methyl sites for hydroxylation is 2. The monoisotopic (exact) mass is 566 g/mol. The number of ether oxygens (including phenoxy) is 1. The van der Waals surface area contributed by atoms with Crippen LogP contribution >= 0.6 is 0 Å². The summed E-state index contributed by atoms with van der Waals surface area (Å²) in [4.78, 5) is 43.4. The Labute approximate surface area is 249 Å². The van der Waals surface area contributed by atoms with Gasteiger partial charge in [0.05, 0.1) is 6.04 Å². The van der Waals surface area contributed by atoms with Crippen LogP contribution in [0.3, 0.4) is 0 Å². The molecule has 6 heteroatoms. The van der Waals surface area contributed by atoms with Gasteiger partial charge in [-0.3, -0.25) is 19.4 Å². The van der Waals surface area contributed by atoms with E-state index in [1.165, 1.54) is 36.0 Å². The van der Waals surface area contributed by atoms with E-state index >= 15 is 0 Å². The van der Waals surface area contributed by atoms with Gasteiger partial charge in [-0.05, 0) is 66.8 Å². The van der Waals surface area contributed by atoms with Gasteiger partial charge >= 0.3 is 0 Å². The first-order valence-electron chi connectivity index (χ1n) is 15.6. The summed E-state index contributed by atoms with van der Waals surface area (Å²) in [6.07, 6.45) is 10.5. The summed E-state index contributed by atoms with van der Waals surface area (Å²) < 4.78 is 5.54. The predicted octanol–water partition coefficient (Wildman–Crippen LogP) is 6.46. The molecule has 1 aromatic heterocycles. The van der Waals surface area contributed by atoms with E-state index in [1.54, 1.807) is 6.20 Å². The van der Waals surface area contributed by atoms with Gasteiger partial charge < -0.3 is 10.1 Å². The van der Waals surface area contributed by atoms with Crippen molar-refractivity contribution in [2.24, 2.45) is 5.92 Å². The fourth-order valence-corrected chi connectivity index (χ4v) is 6.10. The van der Waals surface area contributed by atoms with E-state index in [9.17, 15) is 14.4 Å². The number of nitrogens with zero attached hydrogens (tertiary/aromatic N) is 1. The van der Waals surface area contributed by atoms with E-state index in [1.807, 2.05) is 36.4 Å². The third-order valence-electron chi connectivity index (χ3n) is 8.60. The first-order chi connectivity index (χ1) is 20.6. The van der Waals surface area contributed by atoms with Gasteiger partial charge in [0.15, 0.2) is 23.8 Å². The van der Waals surface area contributed by atoms with Gasteiger partial charge in [0, 0.05) is 24.7 Å². The molecule has 1 unspecified atom stereocenters. The number of nitrogens with one attached hydrogen (secondary N) is 1. The van der Waals surface area contributed by atoms with Crippen LogP contribution in [0.2, 0.25) is 0 Å². The third kappa shape index (κ3) is 8.68. The normalized spacial score (nSPS) is 19.1. The van der Waals surface area contributed by atoms with E-state index in [0.717, 1.165) is 31.4 Å². The molecule has 1 saturated heterocycles. The Morgan fingerprint density at radius 3 is 2.24 bits per heavy atom. The molecule has 0 spiro atoms. The first-order valence-corrected chi connectivity index (χ1v) is 15.6. The second kappa shape index (κ2) is 15.0. The number of carbonyl (C=O) groups excluding carboxylic acids is 3. The van der Waals surface area contributed by atoms with Crippen molar-refractivity contribution in [3.63, 3.8) is 0 Å². The van der Waals surface area contributed by atoms with Crippen LogP contribution in [0.15, 0.2) is 79.0 Å². The number of hydrogen-bond acceptors (Lipinski definition) is 5. The van der Waals surface area contributed by atoms with Crippen molar-refractivity contribution in [3.05, 3.63) is 90.3 Å². The quantitative estimate of drug-likeness (QED) is 0.214. The van der Waals surface area contributed by atoms with Crippen LogP contribution in [0.5, 0.6) is 0 Å². The van der Waals surface area contributed by atoms with E-state index in [2.05, 4.69) is 46.7 Å². The maximum absolute atomic E-state index is 13.2. The topological polar surface area (TPSA) is 88.7 Å². The molecular formula is C36H42N2O4. The number of rotatable bonds is 15. The molecule has 1 saturated carbocycles. The number of pyridine rings is 1. The fraction of sp³-hybridized carbons (Fsp3) is 0.444. The molecule has 6 nitrogen and oxygen atoms in total. The second-order valence-corrected chi connectivity index (χ2v) is 11.8. The van der Waals surface area contributed by atoms with Crippen LogP contribution < -0.4 is 5.32 Å². The zero-order valence-electron chi connectivity index (χ0n) is 24.4. The SMILES string of the molecule is O=C(N[C@@H](CC1CCCCC1)C(=O)CCCc1ccccn1)C1O[C@@H]1C(=O)CCCc1ccc(-c2ccccc2)cc1. The highest BCUT2D eigenvalue weighted by molar-refractivity contribution is 5.98. The van der Waals surface area contributed by atoms with Gasteiger partial charge in [-0.15, -0.1) is 0 Å². The lowest BCUT2D eigenvalue weighted by Gasteiger charge is -2.26. The third-order valence-corrected chi connectivity index (χ3v) is 8.60. The number of aromatic nitrogens is 1. The lowest BCUT2D eigenvalue weighted by atomic mass is 9.83. The summed E-state index contributed by atoms with van der Waals surface area (Å²) in [6, 6.07) is 24.0. The van der Waals surface area contributed by atoms with Gasteiger partial charge in [0.25, 0.3) is 5.91 Å². The van der Waals surface area contributed by atoms with Crippen LogP contribution in [0.1, 0.15) is 75.5 Å². The molecule has 1 aliphatic heterocycles. The minimum atomic E-state index is -0.780. The average Bonchev–Trinajstić information content (AvgIpc) is 3.84.